The lowest BCUT2D eigenvalue weighted by Gasteiger charge is -2.18. The number of carbonyl (C=O) groups is 2. The summed E-state index contributed by atoms with van der Waals surface area (Å²) in [4.78, 5) is 25.0. The van der Waals surface area contributed by atoms with Gasteiger partial charge in [-0.1, -0.05) is 60.7 Å². The summed E-state index contributed by atoms with van der Waals surface area (Å²) in [5.41, 5.74) is 2.12. The summed E-state index contributed by atoms with van der Waals surface area (Å²) in [5, 5.41) is 5.32. The molecular formula is C25H24F2N2O3. The maximum Gasteiger partial charge on any atom is 0.408 e. The highest BCUT2D eigenvalue weighted by molar-refractivity contribution is 5.85. The van der Waals surface area contributed by atoms with Crippen molar-refractivity contribution in [2.24, 2.45) is 0 Å². The third-order valence-corrected chi connectivity index (χ3v) is 4.74. The van der Waals surface area contributed by atoms with E-state index in [2.05, 4.69) is 10.6 Å². The SMILES string of the molecule is O=C(N[C@@H](Cc1ccccc1)C(=O)NCCc1cc(F)cc(F)c1)OCc1ccccc1. The van der Waals surface area contributed by atoms with Crippen LogP contribution in [0.5, 0.6) is 0 Å². The summed E-state index contributed by atoms with van der Waals surface area (Å²) in [6, 6.07) is 20.8. The van der Waals surface area contributed by atoms with Crippen LogP contribution in [-0.2, 0) is 29.0 Å². The Bertz CT molecular complexity index is 1010. The van der Waals surface area contributed by atoms with Crippen molar-refractivity contribution < 1.29 is 23.1 Å². The summed E-state index contributed by atoms with van der Waals surface area (Å²) in [6.45, 7) is 0.241. The number of ether oxygens (including phenoxy) is 1. The minimum atomic E-state index is -0.870. The lowest BCUT2D eigenvalue weighted by molar-refractivity contribution is -0.123. The largest absolute Gasteiger partial charge is 0.445 e. The van der Waals surface area contributed by atoms with E-state index in [1.807, 2.05) is 60.7 Å². The van der Waals surface area contributed by atoms with Crippen molar-refractivity contribution in [2.45, 2.75) is 25.5 Å². The van der Waals surface area contributed by atoms with Gasteiger partial charge >= 0.3 is 6.09 Å². The molecule has 166 valence electrons. The molecule has 0 aromatic heterocycles. The number of benzene rings is 3. The van der Waals surface area contributed by atoms with Gasteiger partial charge in [0.05, 0.1) is 0 Å². The van der Waals surface area contributed by atoms with Crippen molar-refractivity contribution in [2.75, 3.05) is 6.54 Å². The van der Waals surface area contributed by atoms with Crippen molar-refractivity contribution in [3.8, 4) is 0 Å². The Labute approximate surface area is 185 Å². The van der Waals surface area contributed by atoms with Crippen LogP contribution in [0, 0.1) is 11.6 Å². The fraction of sp³-hybridized carbons (Fsp3) is 0.200. The van der Waals surface area contributed by atoms with E-state index in [4.69, 9.17) is 4.74 Å². The second kappa shape index (κ2) is 11.6. The van der Waals surface area contributed by atoms with Crippen molar-refractivity contribution in [3.63, 3.8) is 0 Å². The van der Waals surface area contributed by atoms with Crippen LogP contribution in [0.2, 0.25) is 0 Å². The molecule has 0 aliphatic carbocycles. The first kappa shape index (κ1) is 22.9. The summed E-state index contributed by atoms with van der Waals surface area (Å²) in [7, 11) is 0. The molecule has 3 aromatic rings. The molecular weight excluding hydrogens is 414 g/mol. The number of rotatable bonds is 9. The second-order valence-corrected chi connectivity index (χ2v) is 7.27. The first-order chi connectivity index (χ1) is 15.5. The van der Waals surface area contributed by atoms with Gasteiger partial charge in [-0.3, -0.25) is 4.79 Å². The first-order valence-electron chi connectivity index (χ1n) is 10.2. The fourth-order valence-electron chi connectivity index (χ4n) is 3.17. The minimum absolute atomic E-state index is 0.0808. The standard InChI is InChI=1S/C25H24F2N2O3/c26-21-13-20(14-22(27)16-21)11-12-28-24(30)23(15-18-7-3-1-4-8-18)29-25(31)32-17-19-9-5-2-6-10-19/h1-10,13-14,16,23H,11-12,15,17H2,(H,28,30)(H,29,31)/t23-/m0/s1. The van der Waals surface area contributed by atoms with Crippen LogP contribution in [0.15, 0.2) is 78.9 Å². The molecule has 3 aromatic carbocycles. The predicted octanol–water partition coefficient (Wildman–Crippen LogP) is 4.16. The van der Waals surface area contributed by atoms with Crippen LogP contribution in [0.1, 0.15) is 16.7 Å². The van der Waals surface area contributed by atoms with Gasteiger partial charge in [-0.05, 0) is 35.2 Å². The Morgan fingerprint density at radius 1 is 0.812 bits per heavy atom. The Morgan fingerprint density at radius 3 is 2.03 bits per heavy atom. The third kappa shape index (κ3) is 7.50. The molecule has 2 amide bonds. The third-order valence-electron chi connectivity index (χ3n) is 4.74. The second-order valence-electron chi connectivity index (χ2n) is 7.27. The van der Waals surface area contributed by atoms with E-state index in [1.165, 1.54) is 12.1 Å². The average Bonchev–Trinajstić information content (AvgIpc) is 2.78. The van der Waals surface area contributed by atoms with Gasteiger partial charge in [0.25, 0.3) is 0 Å². The molecule has 7 heteroatoms. The van der Waals surface area contributed by atoms with E-state index in [9.17, 15) is 18.4 Å². The van der Waals surface area contributed by atoms with Crippen LogP contribution in [0.4, 0.5) is 13.6 Å². The average molecular weight is 438 g/mol. The van der Waals surface area contributed by atoms with Crippen molar-refractivity contribution in [3.05, 3.63) is 107 Å². The number of alkyl carbamates (subject to hydrolysis) is 1. The van der Waals surface area contributed by atoms with Gasteiger partial charge < -0.3 is 15.4 Å². The molecule has 0 heterocycles. The van der Waals surface area contributed by atoms with Gasteiger partial charge in [0, 0.05) is 19.0 Å². The monoisotopic (exact) mass is 438 g/mol. The quantitative estimate of drug-likeness (QED) is 0.527. The topological polar surface area (TPSA) is 67.4 Å². The molecule has 0 spiro atoms. The number of nitrogens with one attached hydrogen (secondary N) is 2. The van der Waals surface area contributed by atoms with Crippen LogP contribution < -0.4 is 10.6 Å². The van der Waals surface area contributed by atoms with E-state index < -0.39 is 29.7 Å². The maximum absolute atomic E-state index is 13.3. The molecule has 32 heavy (non-hydrogen) atoms. The normalized spacial score (nSPS) is 11.4. The molecule has 1 atom stereocenters. The zero-order valence-corrected chi connectivity index (χ0v) is 17.4. The molecule has 5 nitrogen and oxygen atoms in total. The molecule has 0 radical (unpaired) electrons. The number of hydrogen-bond acceptors (Lipinski definition) is 3. The smallest absolute Gasteiger partial charge is 0.408 e. The van der Waals surface area contributed by atoms with Crippen molar-refractivity contribution in [1.29, 1.82) is 0 Å². The van der Waals surface area contributed by atoms with Crippen molar-refractivity contribution in [1.82, 2.24) is 10.6 Å². The van der Waals surface area contributed by atoms with Crippen LogP contribution in [0.3, 0.4) is 0 Å². The summed E-state index contributed by atoms with van der Waals surface area (Å²) >= 11 is 0. The highest BCUT2D eigenvalue weighted by Crippen LogP contribution is 2.09. The Balaban J connectivity index is 1.58. The number of carbonyl (C=O) groups excluding carboxylic acids is 2. The van der Waals surface area contributed by atoms with Gasteiger partial charge in [0.1, 0.15) is 24.3 Å². The van der Waals surface area contributed by atoms with E-state index in [1.54, 1.807) is 0 Å². The molecule has 0 fully saturated rings. The predicted molar refractivity (Wildman–Crippen MR) is 117 cm³/mol. The molecule has 3 rings (SSSR count). The Hall–Kier alpha value is -3.74. The van der Waals surface area contributed by atoms with Gasteiger partial charge in [-0.25, -0.2) is 13.6 Å². The summed E-state index contributed by atoms with van der Waals surface area (Å²) < 4.78 is 31.9. The number of hydrogen-bond donors (Lipinski definition) is 2. The molecule has 0 saturated heterocycles. The van der Waals surface area contributed by atoms with Gasteiger partial charge in [-0.15, -0.1) is 0 Å². The van der Waals surface area contributed by atoms with E-state index in [-0.39, 0.29) is 26.0 Å². The van der Waals surface area contributed by atoms with Gasteiger partial charge in [0.2, 0.25) is 5.91 Å². The number of halogens is 2. The first-order valence-corrected chi connectivity index (χ1v) is 10.2. The van der Waals surface area contributed by atoms with E-state index in [0.717, 1.165) is 17.2 Å². The van der Waals surface area contributed by atoms with Crippen LogP contribution in [-0.4, -0.2) is 24.6 Å². The van der Waals surface area contributed by atoms with Gasteiger partial charge in [-0.2, -0.15) is 0 Å². The van der Waals surface area contributed by atoms with E-state index >= 15 is 0 Å². The summed E-state index contributed by atoms with van der Waals surface area (Å²) in [6.07, 6.45) is -0.198. The molecule has 2 N–H and O–H groups in total. The maximum atomic E-state index is 13.3. The molecule has 0 aliphatic heterocycles. The Morgan fingerprint density at radius 2 is 1.41 bits per heavy atom. The number of amides is 2. The summed E-state index contributed by atoms with van der Waals surface area (Å²) in [5.74, 6) is -1.75. The lowest BCUT2D eigenvalue weighted by atomic mass is 10.1. The molecule has 0 aliphatic rings. The fourth-order valence-corrected chi connectivity index (χ4v) is 3.17. The minimum Gasteiger partial charge on any atom is -0.445 e. The van der Waals surface area contributed by atoms with E-state index in [0.29, 0.717) is 5.56 Å². The van der Waals surface area contributed by atoms with Crippen LogP contribution >= 0.6 is 0 Å². The van der Waals surface area contributed by atoms with Crippen molar-refractivity contribution >= 4 is 12.0 Å². The zero-order valence-electron chi connectivity index (χ0n) is 17.4. The zero-order chi connectivity index (χ0) is 22.8. The Kier molecular flexibility index (Phi) is 8.31. The van der Waals surface area contributed by atoms with Gasteiger partial charge in [0.15, 0.2) is 0 Å². The molecule has 0 saturated carbocycles. The highest BCUT2D eigenvalue weighted by atomic mass is 19.1. The lowest BCUT2D eigenvalue weighted by Crippen LogP contribution is -2.48. The highest BCUT2D eigenvalue weighted by Gasteiger charge is 2.22. The molecule has 0 unspecified atom stereocenters. The van der Waals surface area contributed by atoms with Crippen LogP contribution in [0.25, 0.3) is 0 Å². The molecule has 0 bridgehead atoms.